The van der Waals surface area contributed by atoms with Crippen LogP contribution >= 0.6 is 0 Å². The first-order chi connectivity index (χ1) is 24.0. The highest BCUT2D eigenvalue weighted by Gasteiger charge is 2.36. The molecule has 0 saturated carbocycles. The van der Waals surface area contributed by atoms with Gasteiger partial charge in [-0.3, -0.25) is 5.32 Å². The van der Waals surface area contributed by atoms with Gasteiger partial charge in [0.1, 0.15) is 0 Å². The molecule has 0 bridgehead atoms. The van der Waals surface area contributed by atoms with Crippen molar-refractivity contribution in [3.05, 3.63) is 198 Å². The van der Waals surface area contributed by atoms with E-state index < -0.39 is 0 Å². The number of hydrogen-bond donors (Lipinski definition) is 2. The molecule has 1 aliphatic rings. The Bertz CT molecular complexity index is 2280. The summed E-state index contributed by atoms with van der Waals surface area (Å²) >= 11 is 0. The van der Waals surface area contributed by atoms with Crippen LogP contribution in [0.25, 0.3) is 50.2 Å². The molecule has 49 heavy (non-hydrogen) atoms. The van der Waals surface area contributed by atoms with E-state index in [2.05, 4.69) is 177 Å². The van der Waals surface area contributed by atoms with E-state index in [1.54, 1.807) is 0 Å². The molecule has 2 nitrogen and oxygen atoms in total. The summed E-state index contributed by atoms with van der Waals surface area (Å²) in [6.07, 6.45) is 4.23. The van der Waals surface area contributed by atoms with Crippen molar-refractivity contribution < 1.29 is 0 Å². The van der Waals surface area contributed by atoms with E-state index in [0.29, 0.717) is 0 Å². The molecule has 8 rings (SSSR count). The molecule has 0 aromatic heterocycles. The first kappa shape index (κ1) is 30.8. The van der Waals surface area contributed by atoms with Crippen molar-refractivity contribution in [1.29, 1.82) is 0 Å². The summed E-state index contributed by atoms with van der Waals surface area (Å²) in [4.78, 5) is 0. The highest BCUT2D eigenvalue weighted by molar-refractivity contribution is 5.96. The third-order valence-corrected chi connectivity index (χ3v) is 10.2. The van der Waals surface area contributed by atoms with Crippen LogP contribution in [0.1, 0.15) is 53.9 Å². The summed E-state index contributed by atoms with van der Waals surface area (Å²) in [5.41, 5.74) is 20.3. The molecule has 0 aliphatic heterocycles. The Morgan fingerprint density at radius 1 is 0.531 bits per heavy atom. The standard InChI is InChI=1S/C47H40N2/c1-47(2)42-22-12-19-35(45(42)41-30-38-17-9-10-18-39(38)31-43(41)47)27-28-44(49-46(48)36-15-7-4-8-16-36)40-21-11-20-37(29-40)34-25-23-33(24-26-34)32-13-5-3-6-14-32/h3-31,44,46,49H,48H2,1-2H3/b28-27+. The normalized spacial score (nSPS) is 14.4. The lowest BCUT2D eigenvalue weighted by molar-refractivity contribution is 0.509. The highest BCUT2D eigenvalue weighted by atomic mass is 15.0. The van der Waals surface area contributed by atoms with Crippen molar-refractivity contribution in [1.82, 2.24) is 5.32 Å². The third kappa shape index (κ3) is 5.91. The van der Waals surface area contributed by atoms with E-state index in [1.165, 1.54) is 60.8 Å². The Morgan fingerprint density at radius 2 is 1.10 bits per heavy atom. The molecule has 0 amide bonds. The number of fused-ring (bicyclic) bond motifs is 4. The monoisotopic (exact) mass is 632 g/mol. The molecule has 0 fully saturated rings. The van der Waals surface area contributed by atoms with Crippen molar-refractivity contribution in [2.24, 2.45) is 5.73 Å². The first-order valence-electron chi connectivity index (χ1n) is 17.1. The minimum Gasteiger partial charge on any atom is -0.312 e. The number of benzene rings is 7. The van der Waals surface area contributed by atoms with Crippen LogP contribution in [0, 0.1) is 0 Å². The second kappa shape index (κ2) is 12.8. The van der Waals surface area contributed by atoms with Crippen molar-refractivity contribution >= 4 is 16.8 Å². The zero-order valence-corrected chi connectivity index (χ0v) is 28.0. The predicted molar refractivity (Wildman–Crippen MR) is 207 cm³/mol. The minimum atomic E-state index is -0.336. The zero-order chi connectivity index (χ0) is 33.4. The lowest BCUT2D eigenvalue weighted by atomic mass is 9.81. The van der Waals surface area contributed by atoms with E-state index in [0.717, 1.165) is 11.1 Å². The molecule has 3 N–H and O–H groups in total. The molecule has 2 heteroatoms. The Balaban J connectivity index is 1.18. The lowest BCUT2D eigenvalue weighted by Crippen LogP contribution is -2.31. The minimum absolute atomic E-state index is 0.0870. The van der Waals surface area contributed by atoms with Gasteiger partial charge in [-0.1, -0.05) is 172 Å². The van der Waals surface area contributed by atoms with E-state index in [-0.39, 0.29) is 17.6 Å². The second-order valence-corrected chi connectivity index (χ2v) is 13.6. The van der Waals surface area contributed by atoms with Crippen LogP contribution in [-0.2, 0) is 5.41 Å². The molecule has 2 atom stereocenters. The van der Waals surface area contributed by atoms with Crippen LogP contribution in [0.4, 0.5) is 0 Å². The smallest absolute Gasteiger partial charge is 0.0817 e. The molecular formula is C47H40N2. The third-order valence-electron chi connectivity index (χ3n) is 10.2. The topological polar surface area (TPSA) is 38.0 Å². The van der Waals surface area contributed by atoms with Gasteiger partial charge in [0.15, 0.2) is 0 Å². The van der Waals surface area contributed by atoms with Crippen LogP contribution < -0.4 is 11.1 Å². The van der Waals surface area contributed by atoms with E-state index in [1.807, 2.05) is 18.2 Å². The maximum atomic E-state index is 6.82. The SMILES string of the molecule is CC1(C)c2cc3ccccc3cc2-c2c(/C=C/C(NC(N)c3ccccc3)c3cccc(-c4ccc(-c5ccccc5)cc4)c3)cccc21. The number of rotatable bonds is 8. The molecule has 238 valence electrons. The van der Waals surface area contributed by atoms with Crippen molar-refractivity contribution in [3.63, 3.8) is 0 Å². The molecule has 1 aliphatic carbocycles. The Labute approximate surface area is 289 Å². The average molecular weight is 633 g/mol. The van der Waals surface area contributed by atoms with Crippen molar-refractivity contribution in [2.45, 2.75) is 31.5 Å². The summed E-state index contributed by atoms with van der Waals surface area (Å²) in [7, 11) is 0. The van der Waals surface area contributed by atoms with Gasteiger partial charge in [-0.05, 0) is 90.2 Å². The Hall–Kier alpha value is -5.54. The van der Waals surface area contributed by atoms with Crippen molar-refractivity contribution in [2.75, 3.05) is 0 Å². The summed E-state index contributed by atoms with van der Waals surface area (Å²) < 4.78 is 0. The Kier molecular flexibility index (Phi) is 8.05. The van der Waals surface area contributed by atoms with E-state index in [4.69, 9.17) is 5.73 Å². The fraction of sp³-hybridized carbons (Fsp3) is 0.106. The number of nitrogens with two attached hydrogens (primary N) is 1. The molecule has 0 spiro atoms. The molecule has 0 saturated heterocycles. The molecule has 0 heterocycles. The summed E-state index contributed by atoms with van der Waals surface area (Å²) in [6, 6.07) is 58.5. The molecule has 0 radical (unpaired) electrons. The molecular weight excluding hydrogens is 593 g/mol. The molecule has 2 unspecified atom stereocenters. The highest BCUT2D eigenvalue weighted by Crippen LogP contribution is 2.51. The van der Waals surface area contributed by atoms with Crippen LogP contribution in [-0.4, -0.2) is 0 Å². The van der Waals surface area contributed by atoms with Gasteiger partial charge in [0.05, 0.1) is 12.2 Å². The van der Waals surface area contributed by atoms with Gasteiger partial charge in [0, 0.05) is 5.41 Å². The maximum Gasteiger partial charge on any atom is 0.0817 e. The van der Waals surface area contributed by atoms with Crippen LogP contribution in [0.15, 0.2) is 170 Å². The second-order valence-electron chi connectivity index (χ2n) is 13.6. The average Bonchev–Trinajstić information content (AvgIpc) is 3.38. The summed E-state index contributed by atoms with van der Waals surface area (Å²) in [5, 5.41) is 6.30. The fourth-order valence-electron chi connectivity index (χ4n) is 7.45. The first-order valence-corrected chi connectivity index (χ1v) is 17.1. The zero-order valence-electron chi connectivity index (χ0n) is 28.0. The summed E-state index contributed by atoms with van der Waals surface area (Å²) in [5.74, 6) is 0. The van der Waals surface area contributed by atoms with Crippen LogP contribution in [0.2, 0.25) is 0 Å². The fourth-order valence-corrected chi connectivity index (χ4v) is 7.45. The van der Waals surface area contributed by atoms with Gasteiger partial charge in [-0.25, -0.2) is 0 Å². The van der Waals surface area contributed by atoms with Crippen molar-refractivity contribution in [3.8, 4) is 33.4 Å². The van der Waals surface area contributed by atoms with Gasteiger partial charge in [0.25, 0.3) is 0 Å². The number of hydrogen-bond acceptors (Lipinski definition) is 2. The van der Waals surface area contributed by atoms with Gasteiger partial charge in [-0.15, -0.1) is 0 Å². The molecule has 7 aromatic rings. The molecule has 7 aromatic carbocycles. The van der Waals surface area contributed by atoms with Gasteiger partial charge in [-0.2, -0.15) is 0 Å². The summed E-state index contributed by atoms with van der Waals surface area (Å²) in [6.45, 7) is 4.70. The van der Waals surface area contributed by atoms with E-state index >= 15 is 0 Å². The quantitative estimate of drug-likeness (QED) is 0.164. The van der Waals surface area contributed by atoms with Gasteiger partial charge < -0.3 is 5.73 Å². The van der Waals surface area contributed by atoms with Gasteiger partial charge in [0.2, 0.25) is 0 Å². The van der Waals surface area contributed by atoms with E-state index in [9.17, 15) is 0 Å². The lowest BCUT2D eigenvalue weighted by Gasteiger charge is -2.23. The van der Waals surface area contributed by atoms with Crippen LogP contribution in [0.3, 0.4) is 0 Å². The maximum absolute atomic E-state index is 6.82. The van der Waals surface area contributed by atoms with Gasteiger partial charge >= 0.3 is 0 Å². The largest absolute Gasteiger partial charge is 0.312 e. The Morgan fingerprint density at radius 3 is 1.84 bits per heavy atom. The van der Waals surface area contributed by atoms with Crippen LogP contribution in [0.5, 0.6) is 0 Å². The number of nitrogens with one attached hydrogen (secondary N) is 1. The predicted octanol–water partition coefficient (Wildman–Crippen LogP) is 11.5.